The Hall–Kier alpha value is -2.81. The van der Waals surface area contributed by atoms with E-state index < -0.39 is 11.9 Å². The van der Waals surface area contributed by atoms with E-state index in [1.165, 1.54) is 11.6 Å². The third-order valence-corrected chi connectivity index (χ3v) is 5.11. The molecule has 0 spiro atoms. The number of benzene rings is 1. The van der Waals surface area contributed by atoms with E-state index in [4.69, 9.17) is 11.6 Å². The summed E-state index contributed by atoms with van der Waals surface area (Å²) in [5.41, 5.74) is 2.26. The molecule has 0 radical (unpaired) electrons. The Labute approximate surface area is 176 Å². The summed E-state index contributed by atoms with van der Waals surface area (Å²) in [6.07, 6.45) is -4.53. The molecule has 0 atom stereocenters. The predicted octanol–water partition coefficient (Wildman–Crippen LogP) is 4.75. The average Bonchev–Trinajstić information content (AvgIpc) is 3.17. The highest BCUT2D eigenvalue weighted by Gasteiger charge is 2.34. The van der Waals surface area contributed by atoms with Crippen molar-refractivity contribution < 1.29 is 18.0 Å². The molecule has 0 aliphatic heterocycles. The molecule has 0 fully saturated rings. The van der Waals surface area contributed by atoms with Gasteiger partial charge in [0, 0.05) is 23.7 Å². The van der Waals surface area contributed by atoms with E-state index in [-0.39, 0.29) is 18.9 Å². The topological polar surface area (TPSA) is 64.7 Å². The lowest BCUT2D eigenvalue weighted by atomic mass is 10.2. The van der Waals surface area contributed by atoms with Gasteiger partial charge in [0.2, 0.25) is 5.91 Å². The summed E-state index contributed by atoms with van der Waals surface area (Å²) in [6, 6.07) is 8.39. The van der Waals surface area contributed by atoms with E-state index in [0.717, 1.165) is 17.3 Å². The van der Waals surface area contributed by atoms with Crippen molar-refractivity contribution in [3.8, 4) is 0 Å². The predicted molar refractivity (Wildman–Crippen MR) is 107 cm³/mol. The van der Waals surface area contributed by atoms with Crippen LogP contribution in [0.3, 0.4) is 0 Å². The van der Waals surface area contributed by atoms with Gasteiger partial charge in [0.25, 0.3) is 0 Å². The Morgan fingerprint density at radius 3 is 2.47 bits per heavy atom. The second kappa shape index (κ2) is 8.51. The smallest absolute Gasteiger partial charge is 0.323 e. The molecule has 0 aliphatic carbocycles. The Kier molecular flexibility index (Phi) is 6.21. The van der Waals surface area contributed by atoms with E-state index in [1.54, 1.807) is 17.7 Å². The molecule has 0 saturated heterocycles. The number of carbonyl (C=O) groups excluding carboxylic acids is 1. The third-order valence-electron chi connectivity index (χ3n) is 4.75. The van der Waals surface area contributed by atoms with Crippen LogP contribution in [0.4, 0.5) is 18.9 Å². The van der Waals surface area contributed by atoms with E-state index in [0.29, 0.717) is 28.6 Å². The number of alkyl halides is 3. The summed E-state index contributed by atoms with van der Waals surface area (Å²) < 4.78 is 41.2. The van der Waals surface area contributed by atoms with E-state index in [1.807, 2.05) is 25.1 Å². The monoisotopic (exact) mass is 439 g/mol. The van der Waals surface area contributed by atoms with Crippen LogP contribution in [0.15, 0.2) is 30.3 Å². The zero-order valence-electron chi connectivity index (χ0n) is 16.7. The number of carbonyl (C=O) groups is 1. The van der Waals surface area contributed by atoms with Crippen molar-refractivity contribution in [2.45, 2.75) is 46.5 Å². The number of aryl methyl sites for hydroxylation is 3. The SMILES string of the molecule is Cc1nn(Cc2ccccc2Cl)c(C)c1NC(=O)CCn1nc(C(F)(F)F)cc1C. The van der Waals surface area contributed by atoms with Crippen molar-refractivity contribution in [3.63, 3.8) is 0 Å². The van der Waals surface area contributed by atoms with Gasteiger partial charge in [-0.3, -0.25) is 14.2 Å². The van der Waals surface area contributed by atoms with E-state index >= 15 is 0 Å². The first-order valence-corrected chi connectivity index (χ1v) is 9.63. The summed E-state index contributed by atoms with van der Waals surface area (Å²) in [7, 11) is 0. The Morgan fingerprint density at radius 2 is 1.83 bits per heavy atom. The number of halogens is 4. The Morgan fingerprint density at radius 1 is 1.13 bits per heavy atom. The fraction of sp³-hybridized carbons (Fsp3) is 0.350. The molecule has 1 aromatic carbocycles. The van der Waals surface area contributed by atoms with Crippen molar-refractivity contribution in [2.24, 2.45) is 0 Å². The quantitative estimate of drug-likeness (QED) is 0.602. The van der Waals surface area contributed by atoms with Crippen LogP contribution in [0, 0.1) is 20.8 Å². The van der Waals surface area contributed by atoms with E-state index in [9.17, 15) is 18.0 Å². The minimum Gasteiger partial charge on any atom is -0.323 e. The molecule has 2 aromatic heterocycles. The van der Waals surface area contributed by atoms with Gasteiger partial charge in [-0.1, -0.05) is 29.8 Å². The zero-order chi connectivity index (χ0) is 22.1. The number of amides is 1. The van der Waals surface area contributed by atoms with Gasteiger partial charge in [-0.2, -0.15) is 23.4 Å². The molecule has 1 amide bonds. The first kappa shape index (κ1) is 21.9. The maximum Gasteiger partial charge on any atom is 0.435 e. The van der Waals surface area contributed by atoms with Crippen molar-refractivity contribution in [1.82, 2.24) is 19.6 Å². The molecule has 3 rings (SSSR count). The molecule has 2 heterocycles. The molecule has 3 aromatic rings. The van der Waals surface area contributed by atoms with Crippen LogP contribution >= 0.6 is 11.6 Å². The van der Waals surface area contributed by atoms with Crippen LogP contribution in [0.2, 0.25) is 5.02 Å². The van der Waals surface area contributed by atoms with Gasteiger partial charge < -0.3 is 5.32 Å². The molecule has 0 unspecified atom stereocenters. The number of rotatable bonds is 6. The van der Waals surface area contributed by atoms with Crippen molar-refractivity contribution in [3.05, 3.63) is 63.7 Å². The Balaban J connectivity index is 1.67. The minimum absolute atomic E-state index is 0.0195. The normalized spacial score (nSPS) is 11.7. The molecular formula is C20H21ClF3N5O. The molecule has 6 nitrogen and oxygen atoms in total. The van der Waals surface area contributed by atoms with Crippen molar-refractivity contribution in [1.29, 1.82) is 0 Å². The minimum atomic E-state index is -4.51. The second-order valence-corrected chi connectivity index (χ2v) is 7.39. The number of nitrogens with one attached hydrogen (secondary N) is 1. The van der Waals surface area contributed by atoms with Gasteiger partial charge in [-0.15, -0.1) is 0 Å². The summed E-state index contributed by atoms with van der Waals surface area (Å²) >= 11 is 6.21. The van der Waals surface area contributed by atoms with Crippen LogP contribution in [0.5, 0.6) is 0 Å². The maximum absolute atomic E-state index is 12.8. The van der Waals surface area contributed by atoms with Crippen LogP contribution < -0.4 is 5.32 Å². The summed E-state index contributed by atoms with van der Waals surface area (Å²) in [5.74, 6) is -0.332. The molecule has 160 valence electrons. The van der Waals surface area contributed by atoms with Crippen LogP contribution in [-0.2, 0) is 24.1 Å². The summed E-state index contributed by atoms with van der Waals surface area (Å²) in [6.45, 7) is 5.63. The van der Waals surface area contributed by atoms with Crippen molar-refractivity contribution in [2.75, 3.05) is 5.32 Å². The number of nitrogens with zero attached hydrogens (tertiary/aromatic N) is 4. The lowest BCUT2D eigenvalue weighted by Crippen LogP contribution is -2.17. The van der Waals surface area contributed by atoms with Gasteiger partial charge in [-0.05, 0) is 38.5 Å². The molecule has 0 bridgehead atoms. The highest BCUT2D eigenvalue weighted by molar-refractivity contribution is 6.31. The van der Waals surface area contributed by atoms with Crippen LogP contribution in [0.1, 0.15) is 34.8 Å². The molecular weight excluding hydrogens is 419 g/mol. The van der Waals surface area contributed by atoms with Gasteiger partial charge in [0.05, 0.1) is 23.6 Å². The molecule has 0 saturated carbocycles. The highest BCUT2D eigenvalue weighted by atomic mass is 35.5. The van der Waals surface area contributed by atoms with Gasteiger partial charge in [0.15, 0.2) is 5.69 Å². The largest absolute Gasteiger partial charge is 0.435 e. The second-order valence-electron chi connectivity index (χ2n) is 6.98. The van der Waals surface area contributed by atoms with Gasteiger partial charge in [-0.25, -0.2) is 0 Å². The highest BCUT2D eigenvalue weighted by Crippen LogP contribution is 2.28. The van der Waals surface area contributed by atoms with E-state index in [2.05, 4.69) is 15.5 Å². The summed E-state index contributed by atoms with van der Waals surface area (Å²) in [5, 5.41) is 11.4. The standard InChI is InChI=1S/C20H21ClF3N5O/c1-12-10-17(20(22,23)24)27-28(12)9-8-18(30)25-19-13(2)26-29(14(19)3)11-15-6-4-5-7-16(15)21/h4-7,10H,8-9,11H2,1-3H3,(H,25,30). The molecule has 1 N–H and O–H groups in total. The average molecular weight is 440 g/mol. The zero-order valence-corrected chi connectivity index (χ0v) is 17.5. The molecule has 30 heavy (non-hydrogen) atoms. The number of anilines is 1. The van der Waals surface area contributed by atoms with Gasteiger partial charge in [0.1, 0.15) is 0 Å². The number of hydrogen-bond donors (Lipinski definition) is 1. The van der Waals surface area contributed by atoms with Crippen LogP contribution in [0.25, 0.3) is 0 Å². The van der Waals surface area contributed by atoms with Crippen molar-refractivity contribution >= 4 is 23.2 Å². The Bertz CT molecular complexity index is 1070. The summed E-state index contributed by atoms with van der Waals surface area (Å²) in [4.78, 5) is 12.4. The maximum atomic E-state index is 12.8. The first-order valence-electron chi connectivity index (χ1n) is 9.25. The molecule has 10 heteroatoms. The third kappa shape index (κ3) is 4.84. The molecule has 0 aliphatic rings. The lowest BCUT2D eigenvalue weighted by Gasteiger charge is -2.09. The first-order chi connectivity index (χ1) is 14.1. The van der Waals surface area contributed by atoms with Crippen LogP contribution in [-0.4, -0.2) is 25.5 Å². The van der Waals surface area contributed by atoms with Gasteiger partial charge >= 0.3 is 6.18 Å². The number of hydrogen-bond acceptors (Lipinski definition) is 3. The fourth-order valence-electron chi connectivity index (χ4n) is 3.10. The number of aromatic nitrogens is 4. The lowest BCUT2D eigenvalue weighted by molar-refractivity contribution is -0.141. The fourth-order valence-corrected chi connectivity index (χ4v) is 3.30.